The number of likely N-dealkylation sites (tertiary alicyclic amines) is 1. The maximum absolute atomic E-state index is 12.3. The van der Waals surface area contributed by atoms with Crippen LogP contribution in [-0.2, 0) is 16.1 Å². The number of carbonyl (C=O) groups excluding carboxylic acids is 2. The van der Waals surface area contributed by atoms with E-state index in [0.717, 1.165) is 12.1 Å². The fourth-order valence-electron chi connectivity index (χ4n) is 2.71. The molecule has 1 aromatic heterocycles. The third kappa shape index (κ3) is 4.56. The number of nitrogens with one attached hydrogen (secondary N) is 1. The molecular weight excluding hydrogens is 353 g/mol. The largest absolute Gasteiger partial charge is 0.573 e. The number of alkyl halides is 3. The van der Waals surface area contributed by atoms with Crippen LogP contribution in [-0.4, -0.2) is 29.6 Å². The molecule has 6 nitrogen and oxygen atoms in total. The molecule has 138 valence electrons. The molecule has 1 aliphatic heterocycles. The number of rotatable bonds is 5. The molecule has 26 heavy (non-hydrogen) atoms. The van der Waals surface area contributed by atoms with Gasteiger partial charge >= 0.3 is 6.36 Å². The highest BCUT2D eigenvalue weighted by molar-refractivity contribution is 5.97. The number of benzene rings is 1. The van der Waals surface area contributed by atoms with E-state index in [1.54, 1.807) is 12.1 Å². The van der Waals surface area contributed by atoms with Crippen molar-refractivity contribution in [2.75, 3.05) is 11.9 Å². The molecule has 0 aliphatic carbocycles. The predicted octanol–water partition coefficient (Wildman–Crippen LogP) is 3.17. The number of hydrogen-bond donors (Lipinski definition) is 1. The van der Waals surface area contributed by atoms with Crippen LogP contribution in [0.4, 0.5) is 18.9 Å². The van der Waals surface area contributed by atoms with Gasteiger partial charge in [0.1, 0.15) is 11.5 Å². The fourth-order valence-corrected chi connectivity index (χ4v) is 2.71. The van der Waals surface area contributed by atoms with Gasteiger partial charge in [-0.1, -0.05) is 6.07 Å². The molecule has 9 heteroatoms. The Bertz CT molecular complexity index is 790. The number of ether oxygens (including phenoxy) is 1. The Morgan fingerprint density at radius 3 is 2.81 bits per heavy atom. The van der Waals surface area contributed by atoms with Gasteiger partial charge in [-0.15, -0.1) is 13.2 Å². The van der Waals surface area contributed by atoms with Crippen molar-refractivity contribution in [2.24, 2.45) is 5.92 Å². The maximum atomic E-state index is 12.3. The standard InChI is InChI=1S/C17H15F3N2O4/c18-17(19,20)26-13-4-1-3-12(8-13)21-16(24)11-7-15(23)22(9-11)10-14-5-2-6-25-14/h1-6,8,11H,7,9-10H2,(H,21,24). The molecule has 1 unspecified atom stereocenters. The van der Waals surface area contributed by atoms with Gasteiger partial charge in [-0.2, -0.15) is 0 Å². The first-order valence-electron chi connectivity index (χ1n) is 7.77. The van der Waals surface area contributed by atoms with Crippen molar-refractivity contribution < 1.29 is 31.9 Å². The van der Waals surface area contributed by atoms with Gasteiger partial charge in [0, 0.05) is 24.7 Å². The van der Waals surface area contributed by atoms with Gasteiger partial charge in [-0.05, 0) is 24.3 Å². The van der Waals surface area contributed by atoms with Gasteiger partial charge in [0.15, 0.2) is 0 Å². The molecular formula is C17H15F3N2O4. The number of nitrogens with zero attached hydrogens (tertiary/aromatic N) is 1. The summed E-state index contributed by atoms with van der Waals surface area (Å²) in [6.07, 6.45) is -3.28. The van der Waals surface area contributed by atoms with Crippen LogP contribution in [0.3, 0.4) is 0 Å². The Labute approximate surface area is 146 Å². The van der Waals surface area contributed by atoms with E-state index in [9.17, 15) is 22.8 Å². The number of halogens is 3. The van der Waals surface area contributed by atoms with Crippen LogP contribution in [0.1, 0.15) is 12.2 Å². The quantitative estimate of drug-likeness (QED) is 0.880. The Morgan fingerprint density at radius 2 is 2.12 bits per heavy atom. The Morgan fingerprint density at radius 1 is 1.31 bits per heavy atom. The van der Waals surface area contributed by atoms with Crippen LogP contribution in [0.5, 0.6) is 5.75 Å². The predicted molar refractivity (Wildman–Crippen MR) is 84.0 cm³/mol. The monoisotopic (exact) mass is 368 g/mol. The zero-order valence-corrected chi connectivity index (χ0v) is 13.5. The number of carbonyl (C=O) groups is 2. The van der Waals surface area contributed by atoms with Crippen molar-refractivity contribution in [3.63, 3.8) is 0 Å². The number of amides is 2. The summed E-state index contributed by atoms with van der Waals surface area (Å²) in [7, 11) is 0. The third-order valence-corrected chi connectivity index (χ3v) is 3.85. The van der Waals surface area contributed by atoms with E-state index in [1.165, 1.54) is 23.3 Å². The molecule has 3 rings (SSSR count). The highest BCUT2D eigenvalue weighted by atomic mass is 19.4. The van der Waals surface area contributed by atoms with Gasteiger partial charge in [-0.25, -0.2) is 0 Å². The van der Waals surface area contributed by atoms with Gasteiger partial charge in [0.05, 0.1) is 18.7 Å². The minimum absolute atomic E-state index is 0.0330. The second-order valence-electron chi connectivity index (χ2n) is 5.82. The summed E-state index contributed by atoms with van der Waals surface area (Å²) in [6, 6.07) is 8.41. The first-order chi connectivity index (χ1) is 12.3. The normalized spacial score (nSPS) is 17.4. The van der Waals surface area contributed by atoms with E-state index in [4.69, 9.17) is 4.42 Å². The van der Waals surface area contributed by atoms with Crippen LogP contribution in [0, 0.1) is 5.92 Å². The van der Waals surface area contributed by atoms with Crippen molar-refractivity contribution in [2.45, 2.75) is 19.3 Å². The summed E-state index contributed by atoms with van der Waals surface area (Å²) in [4.78, 5) is 25.9. The average Bonchev–Trinajstić information content (AvgIpc) is 3.17. The lowest BCUT2D eigenvalue weighted by molar-refractivity contribution is -0.274. The summed E-state index contributed by atoms with van der Waals surface area (Å²) in [5, 5.41) is 2.52. The molecule has 1 N–H and O–H groups in total. The molecule has 0 bridgehead atoms. The molecule has 2 aromatic rings. The molecule has 0 saturated carbocycles. The lowest BCUT2D eigenvalue weighted by Crippen LogP contribution is -2.27. The third-order valence-electron chi connectivity index (χ3n) is 3.85. The number of anilines is 1. The molecule has 1 aliphatic rings. The first-order valence-corrected chi connectivity index (χ1v) is 7.77. The molecule has 2 heterocycles. The van der Waals surface area contributed by atoms with E-state index in [0.29, 0.717) is 5.76 Å². The van der Waals surface area contributed by atoms with Gasteiger partial charge in [-0.3, -0.25) is 9.59 Å². The van der Waals surface area contributed by atoms with Crippen LogP contribution in [0.15, 0.2) is 47.1 Å². The Hall–Kier alpha value is -2.97. The summed E-state index contributed by atoms with van der Waals surface area (Å²) >= 11 is 0. The molecule has 2 amide bonds. The molecule has 1 aromatic carbocycles. The van der Waals surface area contributed by atoms with Crippen LogP contribution >= 0.6 is 0 Å². The number of furan rings is 1. The summed E-state index contributed by atoms with van der Waals surface area (Å²) in [5.74, 6) is -1.04. The van der Waals surface area contributed by atoms with Crippen molar-refractivity contribution in [3.05, 3.63) is 48.4 Å². The minimum Gasteiger partial charge on any atom is -0.467 e. The van der Waals surface area contributed by atoms with E-state index < -0.39 is 23.9 Å². The molecule has 1 fully saturated rings. The highest BCUT2D eigenvalue weighted by Crippen LogP contribution is 2.26. The van der Waals surface area contributed by atoms with Gasteiger partial charge < -0.3 is 19.4 Å². The molecule has 0 radical (unpaired) electrons. The smallest absolute Gasteiger partial charge is 0.467 e. The zero-order valence-electron chi connectivity index (χ0n) is 13.5. The Kier molecular flexibility index (Phi) is 4.88. The van der Waals surface area contributed by atoms with E-state index in [-0.39, 0.29) is 31.1 Å². The molecule has 0 spiro atoms. The van der Waals surface area contributed by atoms with Crippen LogP contribution in [0.2, 0.25) is 0 Å². The maximum Gasteiger partial charge on any atom is 0.573 e. The van der Waals surface area contributed by atoms with E-state index in [2.05, 4.69) is 10.1 Å². The van der Waals surface area contributed by atoms with Crippen molar-refractivity contribution in [3.8, 4) is 5.75 Å². The molecule has 1 saturated heterocycles. The lowest BCUT2D eigenvalue weighted by Gasteiger charge is -2.15. The summed E-state index contributed by atoms with van der Waals surface area (Å²) < 4.78 is 45.8. The SMILES string of the molecule is O=C(Nc1cccc(OC(F)(F)F)c1)C1CC(=O)N(Cc2ccco2)C1. The minimum atomic E-state index is -4.81. The topological polar surface area (TPSA) is 71.8 Å². The van der Waals surface area contributed by atoms with Crippen LogP contribution < -0.4 is 10.1 Å². The highest BCUT2D eigenvalue weighted by Gasteiger charge is 2.35. The van der Waals surface area contributed by atoms with Crippen molar-refractivity contribution in [1.82, 2.24) is 4.90 Å². The zero-order chi connectivity index (χ0) is 18.7. The van der Waals surface area contributed by atoms with Gasteiger partial charge in [0.25, 0.3) is 0 Å². The second kappa shape index (κ2) is 7.11. The van der Waals surface area contributed by atoms with E-state index >= 15 is 0 Å². The van der Waals surface area contributed by atoms with Gasteiger partial charge in [0.2, 0.25) is 11.8 Å². The second-order valence-corrected chi connectivity index (χ2v) is 5.82. The molecule has 1 atom stereocenters. The summed E-state index contributed by atoms with van der Waals surface area (Å²) in [6.45, 7) is 0.481. The average molecular weight is 368 g/mol. The van der Waals surface area contributed by atoms with E-state index in [1.807, 2.05) is 0 Å². The lowest BCUT2D eigenvalue weighted by atomic mass is 10.1. The van der Waals surface area contributed by atoms with Crippen molar-refractivity contribution >= 4 is 17.5 Å². The van der Waals surface area contributed by atoms with Crippen molar-refractivity contribution in [1.29, 1.82) is 0 Å². The first kappa shape index (κ1) is 17.8. The Balaban J connectivity index is 1.60. The fraction of sp³-hybridized carbons (Fsp3) is 0.294. The number of hydrogen-bond acceptors (Lipinski definition) is 4. The van der Waals surface area contributed by atoms with Crippen LogP contribution in [0.25, 0.3) is 0 Å². The summed E-state index contributed by atoms with van der Waals surface area (Å²) in [5.41, 5.74) is 0.161.